The highest BCUT2D eigenvalue weighted by Crippen LogP contribution is 2.22. The molecule has 1 aromatic carbocycles. The normalized spacial score (nSPS) is 10.8. The Hall–Kier alpha value is -1.37. The third-order valence-corrected chi connectivity index (χ3v) is 3.30. The highest BCUT2D eigenvalue weighted by atomic mass is 79.9. The van der Waals surface area contributed by atoms with Crippen molar-refractivity contribution >= 4 is 15.9 Å². The van der Waals surface area contributed by atoms with Crippen LogP contribution in [-0.4, -0.2) is 30.2 Å². The maximum absolute atomic E-state index is 13.2. The van der Waals surface area contributed by atoms with E-state index in [0.717, 1.165) is 17.7 Å². The van der Waals surface area contributed by atoms with Gasteiger partial charge in [0.2, 0.25) is 0 Å². The largest absolute Gasteiger partial charge is 0.383 e. The highest BCUT2D eigenvalue weighted by Gasteiger charge is 2.05. The van der Waals surface area contributed by atoms with Crippen LogP contribution in [0.4, 0.5) is 4.39 Å². The Kier molecular flexibility index (Phi) is 5.58. The minimum Gasteiger partial charge on any atom is -0.383 e. The summed E-state index contributed by atoms with van der Waals surface area (Å²) in [6, 6.07) is 4.72. The number of hydrogen-bond acceptors (Lipinski definition) is 4. The standard InChI is InChI=1S/C14H15BrFN3O/c1-20-5-4-17-7-10-8-18-14(19-9-10)11-2-3-13(16)12(15)6-11/h2-3,6,8-9,17H,4-5,7H2,1H3. The summed E-state index contributed by atoms with van der Waals surface area (Å²) in [4.78, 5) is 8.59. The SMILES string of the molecule is COCCNCc1cnc(-c2ccc(F)c(Br)c2)nc1. The van der Waals surface area contributed by atoms with Gasteiger partial charge in [0.1, 0.15) is 5.82 Å². The van der Waals surface area contributed by atoms with Crippen molar-refractivity contribution in [3.63, 3.8) is 0 Å². The molecule has 6 heteroatoms. The third-order valence-electron chi connectivity index (χ3n) is 2.70. The lowest BCUT2D eigenvalue weighted by atomic mass is 10.2. The zero-order valence-electron chi connectivity index (χ0n) is 11.1. The summed E-state index contributed by atoms with van der Waals surface area (Å²) in [6.07, 6.45) is 3.53. The minimum absolute atomic E-state index is 0.298. The van der Waals surface area contributed by atoms with Crippen LogP contribution in [-0.2, 0) is 11.3 Å². The fourth-order valence-corrected chi connectivity index (χ4v) is 2.02. The average molecular weight is 340 g/mol. The van der Waals surface area contributed by atoms with Crippen LogP contribution in [0.5, 0.6) is 0 Å². The second-order valence-electron chi connectivity index (χ2n) is 4.21. The van der Waals surface area contributed by atoms with Crippen LogP contribution in [0.3, 0.4) is 0 Å². The number of nitrogens with one attached hydrogen (secondary N) is 1. The van der Waals surface area contributed by atoms with E-state index in [9.17, 15) is 4.39 Å². The molecule has 0 aliphatic carbocycles. The zero-order valence-corrected chi connectivity index (χ0v) is 12.7. The van der Waals surface area contributed by atoms with Gasteiger partial charge in [-0.05, 0) is 34.1 Å². The topological polar surface area (TPSA) is 47.0 Å². The van der Waals surface area contributed by atoms with Gasteiger partial charge in [-0.2, -0.15) is 0 Å². The van der Waals surface area contributed by atoms with Gasteiger partial charge in [-0.1, -0.05) is 0 Å². The number of halogens is 2. The van der Waals surface area contributed by atoms with Gasteiger partial charge >= 0.3 is 0 Å². The van der Waals surface area contributed by atoms with E-state index >= 15 is 0 Å². The number of aromatic nitrogens is 2. The smallest absolute Gasteiger partial charge is 0.159 e. The van der Waals surface area contributed by atoms with Crippen molar-refractivity contribution in [1.82, 2.24) is 15.3 Å². The molecule has 0 fully saturated rings. The fraction of sp³-hybridized carbons (Fsp3) is 0.286. The first-order valence-corrected chi connectivity index (χ1v) is 6.96. The van der Waals surface area contributed by atoms with Crippen LogP contribution in [0.15, 0.2) is 35.1 Å². The number of methoxy groups -OCH3 is 1. The Balaban J connectivity index is 2.02. The molecular weight excluding hydrogens is 325 g/mol. The summed E-state index contributed by atoms with van der Waals surface area (Å²) >= 11 is 3.15. The molecule has 1 N–H and O–H groups in total. The van der Waals surface area contributed by atoms with Crippen molar-refractivity contribution in [2.75, 3.05) is 20.3 Å². The number of benzene rings is 1. The Bertz CT molecular complexity index is 563. The summed E-state index contributed by atoms with van der Waals surface area (Å²) in [6.45, 7) is 2.14. The van der Waals surface area contributed by atoms with Gasteiger partial charge in [-0.15, -0.1) is 0 Å². The summed E-state index contributed by atoms with van der Waals surface area (Å²) in [5.74, 6) is 0.277. The van der Waals surface area contributed by atoms with Crippen LogP contribution in [0.2, 0.25) is 0 Å². The lowest BCUT2D eigenvalue weighted by molar-refractivity contribution is 0.199. The third kappa shape index (κ3) is 4.06. The summed E-state index contributed by atoms with van der Waals surface area (Å²) in [5, 5.41) is 3.22. The molecule has 4 nitrogen and oxygen atoms in total. The van der Waals surface area contributed by atoms with Crippen LogP contribution < -0.4 is 5.32 Å². The monoisotopic (exact) mass is 339 g/mol. The fourth-order valence-electron chi connectivity index (χ4n) is 1.64. The predicted molar refractivity (Wildman–Crippen MR) is 78.7 cm³/mol. The minimum atomic E-state index is -0.298. The molecule has 2 aromatic rings. The Morgan fingerprint density at radius 3 is 2.70 bits per heavy atom. The van der Waals surface area contributed by atoms with Crippen molar-refractivity contribution in [3.05, 3.63) is 46.4 Å². The lowest BCUT2D eigenvalue weighted by Crippen LogP contribution is -2.18. The molecule has 0 spiro atoms. The second kappa shape index (κ2) is 7.42. The molecule has 0 atom stereocenters. The molecule has 0 radical (unpaired) electrons. The van der Waals surface area contributed by atoms with Crippen LogP contribution in [0.1, 0.15) is 5.56 Å². The van der Waals surface area contributed by atoms with E-state index in [-0.39, 0.29) is 5.82 Å². The molecule has 2 rings (SSSR count). The molecule has 1 heterocycles. The van der Waals surface area contributed by atoms with Crippen LogP contribution in [0, 0.1) is 5.82 Å². The molecule has 0 aliphatic heterocycles. The lowest BCUT2D eigenvalue weighted by Gasteiger charge is -2.05. The average Bonchev–Trinajstić information content (AvgIpc) is 2.47. The van der Waals surface area contributed by atoms with E-state index in [2.05, 4.69) is 31.2 Å². The maximum atomic E-state index is 13.2. The quantitative estimate of drug-likeness (QED) is 0.822. The van der Waals surface area contributed by atoms with Crippen molar-refractivity contribution < 1.29 is 9.13 Å². The molecule has 1 aromatic heterocycles. The van der Waals surface area contributed by atoms with E-state index < -0.39 is 0 Å². The van der Waals surface area contributed by atoms with Gasteiger partial charge in [0, 0.05) is 43.7 Å². The van der Waals surface area contributed by atoms with Crippen molar-refractivity contribution in [3.8, 4) is 11.4 Å². The Morgan fingerprint density at radius 1 is 1.30 bits per heavy atom. The first-order chi connectivity index (χ1) is 9.70. The Labute approximate surface area is 125 Å². The molecule has 0 bridgehead atoms. The van der Waals surface area contributed by atoms with E-state index in [1.54, 1.807) is 31.6 Å². The van der Waals surface area contributed by atoms with Gasteiger partial charge < -0.3 is 10.1 Å². The van der Waals surface area contributed by atoms with E-state index in [1.807, 2.05) is 0 Å². The van der Waals surface area contributed by atoms with Gasteiger partial charge in [0.05, 0.1) is 11.1 Å². The molecular formula is C14H15BrFN3O. The van der Waals surface area contributed by atoms with E-state index in [1.165, 1.54) is 6.07 Å². The Morgan fingerprint density at radius 2 is 2.05 bits per heavy atom. The van der Waals surface area contributed by atoms with Gasteiger partial charge in [0.15, 0.2) is 5.82 Å². The summed E-state index contributed by atoms with van der Waals surface area (Å²) < 4.78 is 18.5. The predicted octanol–water partition coefficient (Wildman–Crippen LogP) is 2.78. The van der Waals surface area contributed by atoms with E-state index in [4.69, 9.17) is 4.74 Å². The van der Waals surface area contributed by atoms with E-state index in [0.29, 0.717) is 23.4 Å². The molecule has 0 saturated carbocycles. The number of nitrogens with zero attached hydrogens (tertiary/aromatic N) is 2. The van der Waals surface area contributed by atoms with Crippen molar-refractivity contribution in [2.45, 2.75) is 6.54 Å². The highest BCUT2D eigenvalue weighted by molar-refractivity contribution is 9.10. The second-order valence-corrected chi connectivity index (χ2v) is 5.07. The van der Waals surface area contributed by atoms with Crippen LogP contribution in [0.25, 0.3) is 11.4 Å². The molecule has 20 heavy (non-hydrogen) atoms. The summed E-state index contributed by atoms with van der Waals surface area (Å²) in [7, 11) is 1.67. The van der Waals surface area contributed by atoms with Gasteiger partial charge in [0.25, 0.3) is 0 Å². The van der Waals surface area contributed by atoms with Crippen molar-refractivity contribution in [1.29, 1.82) is 0 Å². The molecule has 0 saturated heterocycles. The zero-order chi connectivity index (χ0) is 14.4. The van der Waals surface area contributed by atoms with Gasteiger partial charge in [-0.25, -0.2) is 14.4 Å². The van der Waals surface area contributed by atoms with Gasteiger partial charge in [-0.3, -0.25) is 0 Å². The molecule has 0 amide bonds. The molecule has 106 valence electrons. The number of ether oxygens (including phenoxy) is 1. The van der Waals surface area contributed by atoms with Crippen LogP contribution >= 0.6 is 15.9 Å². The first kappa shape index (κ1) is 15.0. The molecule has 0 aliphatic rings. The summed E-state index contributed by atoms with van der Waals surface area (Å²) in [5.41, 5.74) is 1.77. The number of hydrogen-bond donors (Lipinski definition) is 1. The number of rotatable bonds is 6. The molecule has 0 unspecified atom stereocenters. The maximum Gasteiger partial charge on any atom is 0.159 e. The van der Waals surface area contributed by atoms with Crippen molar-refractivity contribution in [2.24, 2.45) is 0 Å². The first-order valence-electron chi connectivity index (χ1n) is 6.16.